The standard InChI is InChI=1S/C11H23N3O2/c1-9(4-5-10(15)13-12)14-6-7-16-8-11(14,2)3/h9H,4-8,12H2,1-3H3,(H,13,15). The number of nitrogens with one attached hydrogen (secondary N) is 1. The summed E-state index contributed by atoms with van der Waals surface area (Å²) in [5.41, 5.74) is 2.21. The van der Waals surface area contributed by atoms with Gasteiger partial charge in [-0.25, -0.2) is 5.84 Å². The van der Waals surface area contributed by atoms with Crippen LogP contribution in [0.1, 0.15) is 33.6 Å². The highest BCUT2D eigenvalue weighted by Crippen LogP contribution is 2.23. The van der Waals surface area contributed by atoms with E-state index in [-0.39, 0.29) is 11.4 Å². The third-order valence-corrected chi connectivity index (χ3v) is 3.19. The SMILES string of the molecule is CC(CCC(=O)NN)N1CCOCC1(C)C. The number of carbonyl (C=O) groups excluding carboxylic acids is 1. The van der Waals surface area contributed by atoms with Gasteiger partial charge in [-0.1, -0.05) is 0 Å². The van der Waals surface area contributed by atoms with Crippen molar-refractivity contribution in [1.29, 1.82) is 0 Å². The van der Waals surface area contributed by atoms with E-state index in [2.05, 4.69) is 31.1 Å². The van der Waals surface area contributed by atoms with E-state index in [0.29, 0.717) is 12.5 Å². The Morgan fingerprint density at radius 1 is 1.62 bits per heavy atom. The molecule has 1 atom stereocenters. The van der Waals surface area contributed by atoms with Crippen LogP contribution >= 0.6 is 0 Å². The van der Waals surface area contributed by atoms with Gasteiger partial charge in [0.2, 0.25) is 5.91 Å². The topological polar surface area (TPSA) is 67.6 Å². The second-order valence-electron chi connectivity index (χ2n) is 5.01. The summed E-state index contributed by atoms with van der Waals surface area (Å²) < 4.78 is 5.47. The number of amides is 1. The average Bonchev–Trinajstić information content (AvgIpc) is 2.24. The zero-order chi connectivity index (χ0) is 12.2. The van der Waals surface area contributed by atoms with Crippen molar-refractivity contribution >= 4 is 5.91 Å². The van der Waals surface area contributed by atoms with Crippen molar-refractivity contribution < 1.29 is 9.53 Å². The Bertz CT molecular complexity index is 243. The molecule has 3 N–H and O–H groups in total. The van der Waals surface area contributed by atoms with Gasteiger partial charge < -0.3 is 4.74 Å². The minimum absolute atomic E-state index is 0.0524. The van der Waals surface area contributed by atoms with Crippen LogP contribution in [0.3, 0.4) is 0 Å². The van der Waals surface area contributed by atoms with Gasteiger partial charge >= 0.3 is 0 Å². The summed E-state index contributed by atoms with van der Waals surface area (Å²) in [5.74, 6) is 4.96. The molecule has 0 aliphatic carbocycles. The molecule has 5 nitrogen and oxygen atoms in total. The van der Waals surface area contributed by atoms with Crippen molar-refractivity contribution in [1.82, 2.24) is 10.3 Å². The van der Waals surface area contributed by atoms with Crippen LogP contribution < -0.4 is 11.3 Å². The Hall–Kier alpha value is -0.650. The van der Waals surface area contributed by atoms with Crippen molar-refractivity contribution in [3.8, 4) is 0 Å². The van der Waals surface area contributed by atoms with Crippen molar-refractivity contribution in [3.63, 3.8) is 0 Å². The van der Waals surface area contributed by atoms with Gasteiger partial charge in [-0.05, 0) is 27.2 Å². The molecule has 0 bridgehead atoms. The lowest BCUT2D eigenvalue weighted by molar-refractivity contribution is -0.122. The minimum atomic E-state index is -0.0992. The van der Waals surface area contributed by atoms with Crippen molar-refractivity contribution in [2.75, 3.05) is 19.8 Å². The number of hydrazine groups is 1. The molecule has 0 aromatic heterocycles. The van der Waals surface area contributed by atoms with E-state index in [4.69, 9.17) is 10.6 Å². The minimum Gasteiger partial charge on any atom is -0.378 e. The van der Waals surface area contributed by atoms with Gasteiger partial charge in [0.15, 0.2) is 0 Å². The maximum atomic E-state index is 11.1. The Labute approximate surface area is 97.3 Å². The Balaban J connectivity index is 2.45. The Morgan fingerprint density at radius 2 is 2.31 bits per heavy atom. The first-order valence-corrected chi connectivity index (χ1v) is 5.81. The lowest BCUT2D eigenvalue weighted by Crippen LogP contribution is -2.56. The molecule has 0 spiro atoms. The third-order valence-electron chi connectivity index (χ3n) is 3.19. The van der Waals surface area contributed by atoms with E-state index in [0.717, 1.165) is 26.2 Å². The van der Waals surface area contributed by atoms with Crippen LogP contribution in [0.15, 0.2) is 0 Å². The normalized spacial score (nSPS) is 22.8. The maximum Gasteiger partial charge on any atom is 0.233 e. The molecule has 0 saturated carbocycles. The molecular weight excluding hydrogens is 206 g/mol. The van der Waals surface area contributed by atoms with Gasteiger partial charge in [0.1, 0.15) is 0 Å². The molecule has 1 saturated heterocycles. The highest BCUT2D eigenvalue weighted by molar-refractivity contribution is 5.75. The largest absolute Gasteiger partial charge is 0.378 e. The molecule has 1 aliphatic heterocycles. The molecule has 1 unspecified atom stereocenters. The zero-order valence-electron chi connectivity index (χ0n) is 10.5. The highest BCUT2D eigenvalue weighted by atomic mass is 16.5. The van der Waals surface area contributed by atoms with Gasteiger partial charge in [0, 0.05) is 24.5 Å². The van der Waals surface area contributed by atoms with E-state index in [1.807, 2.05) is 0 Å². The molecule has 0 aromatic rings. The Kier molecular flexibility index (Phi) is 4.70. The van der Waals surface area contributed by atoms with Gasteiger partial charge in [-0.2, -0.15) is 0 Å². The van der Waals surface area contributed by atoms with Crippen LogP contribution in [0.4, 0.5) is 0 Å². The molecule has 1 rings (SSSR count). The summed E-state index contributed by atoms with van der Waals surface area (Å²) >= 11 is 0. The molecule has 1 heterocycles. The molecule has 16 heavy (non-hydrogen) atoms. The van der Waals surface area contributed by atoms with Crippen LogP contribution in [0.5, 0.6) is 0 Å². The van der Waals surface area contributed by atoms with E-state index < -0.39 is 0 Å². The predicted octanol–water partition coefficient (Wildman–Crippen LogP) is 0.256. The van der Waals surface area contributed by atoms with Crippen molar-refractivity contribution in [2.45, 2.75) is 45.2 Å². The number of carbonyl (C=O) groups is 1. The average molecular weight is 229 g/mol. The molecule has 5 heteroatoms. The van der Waals surface area contributed by atoms with Crippen molar-refractivity contribution in [3.05, 3.63) is 0 Å². The lowest BCUT2D eigenvalue weighted by Gasteiger charge is -2.45. The number of nitrogens with two attached hydrogens (primary N) is 1. The second-order valence-corrected chi connectivity index (χ2v) is 5.01. The summed E-state index contributed by atoms with van der Waals surface area (Å²) in [5, 5.41) is 0. The molecule has 1 aliphatic rings. The van der Waals surface area contributed by atoms with E-state index in [9.17, 15) is 4.79 Å². The zero-order valence-corrected chi connectivity index (χ0v) is 10.5. The lowest BCUT2D eigenvalue weighted by atomic mass is 9.98. The fourth-order valence-electron chi connectivity index (χ4n) is 2.26. The molecule has 0 aromatic carbocycles. The van der Waals surface area contributed by atoms with Gasteiger partial charge in [-0.15, -0.1) is 0 Å². The van der Waals surface area contributed by atoms with E-state index >= 15 is 0 Å². The van der Waals surface area contributed by atoms with Crippen LogP contribution in [-0.4, -0.2) is 42.1 Å². The molecule has 1 amide bonds. The number of hydrogen-bond acceptors (Lipinski definition) is 4. The quantitative estimate of drug-likeness (QED) is 0.412. The van der Waals surface area contributed by atoms with Gasteiger partial charge in [-0.3, -0.25) is 15.1 Å². The summed E-state index contributed by atoms with van der Waals surface area (Å²) in [4.78, 5) is 13.5. The van der Waals surface area contributed by atoms with Crippen molar-refractivity contribution in [2.24, 2.45) is 5.84 Å². The maximum absolute atomic E-state index is 11.1. The molecular formula is C11H23N3O2. The smallest absolute Gasteiger partial charge is 0.233 e. The summed E-state index contributed by atoms with van der Waals surface area (Å²) in [7, 11) is 0. The third kappa shape index (κ3) is 3.43. The molecule has 1 fully saturated rings. The first-order chi connectivity index (χ1) is 7.47. The first kappa shape index (κ1) is 13.4. The number of ether oxygens (including phenoxy) is 1. The first-order valence-electron chi connectivity index (χ1n) is 5.81. The predicted molar refractivity (Wildman–Crippen MR) is 62.6 cm³/mol. The fraction of sp³-hybridized carbons (Fsp3) is 0.909. The van der Waals surface area contributed by atoms with Crippen LogP contribution in [-0.2, 0) is 9.53 Å². The molecule has 94 valence electrons. The van der Waals surface area contributed by atoms with Crippen LogP contribution in [0, 0.1) is 0 Å². The molecule has 0 radical (unpaired) electrons. The Morgan fingerprint density at radius 3 is 2.88 bits per heavy atom. The van der Waals surface area contributed by atoms with Crippen LogP contribution in [0.25, 0.3) is 0 Å². The number of hydrogen-bond donors (Lipinski definition) is 2. The number of nitrogens with zero attached hydrogens (tertiary/aromatic N) is 1. The van der Waals surface area contributed by atoms with E-state index in [1.165, 1.54) is 0 Å². The monoisotopic (exact) mass is 229 g/mol. The van der Waals surface area contributed by atoms with Gasteiger partial charge in [0.05, 0.1) is 13.2 Å². The van der Waals surface area contributed by atoms with Gasteiger partial charge in [0.25, 0.3) is 0 Å². The summed E-state index contributed by atoms with van der Waals surface area (Å²) in [6, 6.07) is 0.371. The fourth-order valence-corrected chi connectivity index (χ4v) is 2.26. The number of morpholine rings is 1. The van der Waals surface area contributed by atoms with E-state index in [1.54, 1.807) is 0 Å². The second kappa shape index (κ2) is 5.61. The summed E-state index contributed by atoms with van der Waals surface area (Å²) in [6.07, 6.45) is 1.30. The number of rotatable bonds is 4. The highest BCUT2D eigenvalue weighted by Gasteiger charge is 2.33. The summed E-state index contributed by atoms with van der Waals surface area (Å²) in [6.45, 7) is 8.95. The van der Waals surface area contributed by atoms with Crippen LogP contribution in [0.2, 0.25) is 0 Å².